The van der Waals surface area contributed by atoms with Crippen LogP contribution in [0.15, 0.2) is 41.0 Å². The highest BCUT2D eigenvalue weighted by molar-refractivity contribution is 6.04. The molecule has 1 amide bonds. The molecule has 0 aromatic heterocycles. The summed E-state index contributed by atoms with van der Waals surface area (Å²) in [5.41, 5.74) is 12.4. The van der Waals surface area contributed by atoms with Crippen molar-refractivity contribution >= 4 is 11.7 Å². The Balaban J connectivity index is 2.16. The summed E-state index contributed by atoms with van der Waals surface area (Å²) < 4.78 is 16.4. The molecule has 1 aliphatic heterocycles. The molecule has 1 aromatic carbocycles. The summed E-state index contributed by atoms with van der Waals surface area (Å²) in [6.45, 7) is 3.80. The molecule has 0 fully saturated rings. The van der Waals surface area contributed by atoms with Gasteiger partial charge in [-0.1, -0.05) is 19.9 Å². The minimum Gasteiger partial charge on any atom is -0.493 e. The molecule has 1 heterocycles. The van der Waals surface area contributed by atoms with E-state index in [2.05, 4.69) is 0 Å². The number of primary amides is 1. The summed E-state index contributed by atoms with van der Waals surface area (Å²) in [6.07, 6.45) is 0.829. The number of nitriles is 1. The highest BCUT2D eigenvalue weighted by Gasteiger charge is 2.44. The molecule has 8 nitrogen and oxygen atoms in total. The first-order chi connectivity index (χ1) is 13.7. The van der Waals surface area contributed by atoms with E-state index in [1.807, 2.05) is 19.9 Å². The van der Waals surface area contributed by atoms with Crippen LogP contribution in [0.4, 0.5) is 0 Å². The number of nitrogens with zero attached hydrogens (tertiary/aromatic N) is 1. The molecule has 1 aliphatic carbocycles. The zero-order valence-corrected chi connectivity index (χ0v) is 16.6. The third kappa shape index (κ3) is 3.76. The van der Waals surface area contributed by atoms with Crippen LogP contribution in [-0.4, -0.2) is 25.4 Å². The van der Waals surface area contributed by atoms with Crippen LogP contribution in [0.3, 0.4) is 0 Å². The van der Waals surface area contributed by atoms with Crippen molar-refractivity contribution in [3.63, 3.8) is 0 Å². The number of rotatable bonds is 5. The lowest BCUT2D eigenvalue weighted by Crippen LogP contribution is -2.36. The Morgan fingerprint density at radius 3 is 2.69 bits per heavy atom. The van der Waals surface area contributed by atoms with Gasteiger partial charge in [-0.25, -0.2) is 0 Å². The highest BCUT2D eigenvalue weighted by Crippen LogP contribution is 2.48. The largest absolute Gasteiger partial charge is 0.493 e. The second kappa shape index (κ2) is 7.51. The number of nitrogens with two attached hydrogens (primary N) is 2. The number of Topliss-reactive ketones (excluding diaryl/α,β-unsaturated/α-hetero) is 1. The van der Waals surface area contributed by atoms with Crippen molar-refractivity contribution in [2.75, 3.05) is 13.7 Å². The number of amides is 1. The van der Waals surface area contributed by atoms with E-state index in [0.29, 0.717) is 41.2 Å². The maximum absolute atomic E-state index is 13.0. The second-order valence-electron chi connectivity index (χ2n) is 7.81. The summed E-state index contributed by atoms with van der Waals surface area (Å²) in [5.74, 6) is -0.557. The van der Waals surface area contributed by atoms with E-state index in [0.717, 1.165) is 0 Å². The molecule has 0 radical (unpaired) electrons. The van der Waals surface area contributed by atoms with Gasteiger partial charge >= 0.3 is 0 Å². The van der Waals surface area contributed by atoms with E-state index in [-0.39, 0.29) is 29.3 Å². The van der Waals surface area contributed by atoms with Crippen LogP contribution in [-0.2, 0) is 14.3 Å². The summed E-state index contributed by atoms with van der Waals surface area (Å²) in [4.78, 5) is 25.2. The van der Waals surface area contributed by atoms with Gasteiger partial charge in [-0.3, -0.25) is 9.59 Å². The van der Waals surface area contributed by atoms with E-state index in [1.165, 1.54) is 7.11 Å². The van der Waals surface area contributed by atoms with Gasteiger partial charge in [0.1, 0.15) is 11.8 Å². The normalized spacial score (nSPS) is 20.5. The number of benzene rings is 1. The van der Waals surface area contributed by atoms with Crippen molar-refractivity contribution in [1.29, 1.82) is 5.26 Å². The first-order valence-electron chi connectivity index (χ1n) is 9.09. The minimum atomic E-state index is -0.765. The van der Waals surface area contributed by atoms with Crippen molar-refractivity contribution in [2.24, 2.45) is 16.9 Å². The Hall–Kier alpha value is -3.47. The third-order valence-electron chi connectivity index (χ3n) is 5.03. The average Bonchev–Trinajstić information content (AvgIpc) is 2.63. The molecule has 1 atom stereocenters. The Morgan fingerprint density at radius 1 is 1.34 bits per heavy atom. The molecular weight excluding hydrogens is 374 g/mol. The minimum absolute atomic E-state index is 0.0320. The van der Waals surface area contributed by atoms with Crippen LogP contribution in [0, 0.1) is 16.7 Å². The number of hydrogen-bond acceptors (Lipinski definition) is 7. The van der Waals surface area contributed by atoms with Crippen molar-refractivity contribution in [1.82, 2.24) is 0 Å². The molecule has 0 bridgehead atoms. The summed E-state index contributed by atoms with van der Waals surface area (Å²) in [5, 5.41) is 8.73. The molecule has 0 unspecified atom stereocenters. The van der Waals surface area contributed by atoms with Gasteiger partial charge < -0.3 is 25.7 Å². The first kappa shape index (κ1) is 20.3. The fraction of sp³-hybridized carbons (Fsp3) is 0.381. The number of carbonyl (C=O) groups excluding carboxylic acids is 2. The van der Waals surface area contributed by atoms with Crippen LogP contribution in [0.2, 0.25) is 0 Å². The molecule has 3 rings (SSSR count). The molecule has 8 heteroatoms. The number of ether oxygens (including phenoxy) is 3. The highest BCUT2D eigenvalue weighted by atomic mass is 16.5. The monoisotopic (exact) mass is 397 g/mol. The third-order valence-corrected chi connectivity index (χ3v) is 5.03. The number of methoxy groups -OCH3 is 1. The molecule has 152 valence electrons. The maximum Gasteiger partial charge on any atom is 0.250 e. The van der Waals surface area contributed by atoms with E-state index >= 15 is 0 Å². The van der Waals surface area contributed by atoms with Gasteiger partial charge in [0.25, 0.3) is 5.91 Å². The lowest BCUT2D eigenvalue weighted by atomic mass is 9.70. The van der Waals surface area contributed by atoms with Crippen molar-refractivity contribution in [2.45, 2.75) is 32.6 Å². The van der Waals surface area contributed by atoms with Crippen LogP contribution in [0.5, 0.6) is 11.5 Å². The zero-order valence-electron chi connectivity index (χ0n) is 16.6. The summed E-state index contributed by atoms with van der Waals surface area (Å²) in [7, 11) is 1.46. The smallest absolute Gasteiger partial charge is 0.250 e. The number of ketones is 1. The SMILES string of the molecule is COc1cc([C@H]2C(C(N)=O)=C(N)OC3=C2C(=O)CC(C)(C)C3)ccc1OCC#N. The van der Waals surface area contributed by atoms with Crippen LogP contribution >= 0.6 is 0 Å². The molecule has 1 aromatic rings. The number of carbonyl (C=O) groups is 2. The summed E-state index contributed by atoms with van der Waals surface area (Å²) >= 11 is 0. The number of hydrogen-bond donors (Lipinski definition) is 2. The molecule has 0 saturated heterocycles. The quantitative estimate of drug-likeness (QED) is 0.775. The van der Waals surface area contributed by atoms with Gasteiger partial charge in [0, 0.05) is 18.4 Å². The van der Waals surface area contributed by atoms with Gasteiger partial charge in [0.2, 0.25) is 0 Å². The van der Waals surface area contributed by atoms with Crippen LogP contribution in [0.25, 0.3) is 0 Å². The van der Waals surface area contributed by atoms with E-state index in [1.54, 1.807) is 18.2 Å². The van der Waals surface area contributed by atoms with Crippen LogP contribution < -0.4 is 20.9 Å². The standard InChI is InChI=1S/C21H23N3O5/c1-21(2)9-12(25)17-15(10-21)29-20(24)18(19(23)26)16(17)11-4-5-13(28-7-6-22)14(8-11)27-3/h4-5,8,16H,7,9-10,24H2,1-3H3,(H2,23,26)/t16-/m1/s1. The lowest BCUT2D eigenvalue weighted by molar-refractivity contribution is -0.119. The predicted octanol–water partition coefficient (Wildman–Crippen LogP) is 2.01. The fourth-order valence-corrected chi connectivity index (χ4v) is 3.86. The molecule has 0 spiro atoms. The predicted molar refractivity (Wildman–Crippen MR) is 103 cm³/mol. The van der Waals surface area contributed by atoms with Gasteiger partial charge in [0.15, 0.2) is 29.8 Å². The number of allylic oxidation sites excluding steroid dienone is 2. The van der Waals surface area contributed by atoms with Crippen molar-refractivity contribution in [3.05, 3.63) is 46.6 Å². The molecular formula is C21H23N3O5. The summed E-state index contributed by atoms with van der Waals surface area (Å²) in [6, 6.07) is 6.85. The topological polar surface area (TPSA) is 138 Å². The fourth-order valence-electron chi connectivity index (χ4n) is 3.86. The maximum atomic E-state index is 13.0. The Kier molecular flexibility index (Phi) is 5.25. The van der Waals surface area contributed by atoms with Gasteiger partial charge in [-0.2, -0.15) is 5.26 Å². The Morgan fingerprint density at radius 2 is 2.07 bits per heavy atom. The van der Waals surface area contributed by atoms with Gasteiger partial charge in [-0.15, -0.1) is 0 Å². The van der Waals surface area contributed by atoms with Crippen LogP contribution in [0.1, 0.15) is 38.2 Å². The molecule has 0 saturated carbocycles. The lowest BCUT2D eigenvalue weighted by Gasteiger charge is -2.38. The van der Waals surface area contributed by atoms with Crippen molar-refractivity contribution in [3.8, 4) is 17.6 Å². The molecule has 2 aliphatic rings. The van der Waals surface area contributed by atoms with Crippen molar-refractivity contribution < 1.29 is 23.8 Å². The van der Waals surface area contributed by atoms with E-state index in [4.69, 9.17) is 30.9 Å². The van der Waals surface area contributed by atoms with Gasteiger partial charge in [-0.05, 0) is 23.1 Å². The Labute approximate surface area is 168 Å². The zero-order chi connectivity index (χ0) is 21.3. The Bertz CT molecular complexity index is 985. The van der Waals surface area contributed by atoms with Gasteiger partial charge in [0.05, 0.1) is 18.6 Å². The van der Waals surface area contributed by atoms with E-state index < -0.39 is 11.8 Å². The second-order valence-corrected chi connectivity index (χ2v) is 7.81. The molecule has 29 heavy (non-hydrogen) atoms. The average molecular weight is 397 g/mol. The van der Waals surface area contributed by atoms with E-state index in [9.17, 15) is 9.59 Å². The first-order valence-corrected chi connectivity index (χ1v) is 9.09. The molecule has 4 N–H and O–H groups in total.